The number of methoxy groups -OCH3 is 3. The minimum atomic E-state index is -2.86. The van der Waals surface area contributed by atoms with E-state index in [9.17, 15) is 34.2 Å². The second-order valence-corrected chi connectivity index (χ2v) is 20.4. The second kappa shape index (κ2) is 25.7. The van der Waals surface area contributed by atoms with Gasteiger partial charge in [-0.1, -0.05) is 71.1 Å². The van der Waals surface area contributed by atoms with Gasteiger partial charge in [-0.05, 0) is 117 Å². The number of allylic oxidation sites excluding steroid dienone is 6. The molecule has 0 radical (unpaired) electrons. The third-order valence-electron chi connectivity index (χ3n) is 15.1. The number of aromatic nitrogens is 4. The number of piperidine rings is 1. The van der Waals surface area contributed by atoms with E-state index >= 15 is 0 Å². The fraction of sp³-hybridized carbons (Fsp3) is 0.731. The van der Waals surface area contributed by atoms with Crippen molar-refractivity contribution >= 4 is 29.2 Å². The zero-order chi connectivity index (χ0) is 50.6. The SMILES string of the molecule is CO[C@H]1CC2CC[C@@H](C)C(=O)C(O)(O2)C(=O)N2CCCCC2C(=O)O[C@H]([C@H](C)C[C@@H]2CC[C@@H](n3cnnn3)[C@H](OC)C2)CC(=O)[C@H](C)/C=C(\C)[C@@H](O)[C@@H](OC)C(=O)[C@@H](C)C[C@H](C)/C=C/C=C/C=C1C. The number of Topliss-reactive ketones (excluding diaryl/α,β-unsaturated/α-hetero) is 3. The van der Waals surface area contributed by atoms with E-state index in [4.69, 9.17) is 23.7 Å². The van der Waals surface area contributed by atoms with Crippen molar-refractivity contribution in [2.75, 3.05) is 27.9 Å². The van der Waals surface area contributed by atoms with Gasteiger partial charge in [0.25, 0.3) is 5.91 Å². The maximum atomic E-state index is 14.7. The van der Waals surface area contributed by atoms with Crippen LogP contribution in [0.25, 0.3) is 0 Å². The Morgan fingerprint density at radius 3 is 2.30 bits per heavy atom. The van der Waals surface area contributed by atoms with Gasteiger partial charge in [0, 0.05) is 58.5 Å². The van der Waals surface area contributed by atoms with Crippen LogP contribution in [0.3, 0.4) is 0 Å². The van der Waals surface area contributed by atoms with Gasteiger partial charge in [0.2, 0.25) is 5.78 Å². The lowest BCUT2D eigenvalue weighted by Crippen LogP contribution is -2.62. The van der Waals surface area contributed by atoms with Crippen LogP contribution >= 0.6 is 0 Å². The molecule has 3 unspecified atom stereocenters. The van der Waals surface area contributed by atoms with Gasteiger partial charge in [0.15, 0.2) is 5.78 Å². The Morgan fingerprint density at radius 2 is 1.62 bits per heavy atom. The molecule has 0 aromatic carbocycles. The summed E-state index contributed by atoms with van der Waals surface area (Å²) >= 11 is 0. The number of hydrogen-bond donors (Lipinski definition) is 2. The highest BCUT2D eigenvalue weighted by Crippen LogP contribution is 2.39. The average molecular weight is 966 g/mol. The number of amides is 1. The van der Waals surface area contributed by atoms with E-state index < -0.39 is 77.8 Å². The van der Waals surface area contributed by atoms with Crippen molar-refractivity contribution in [1.82, 2.24) is 25.1 Å². The van der Waals surface area contributed by atoms with Crippen LogP contribution in [0.1, 0.15) is 132 Å². The van der Waals surface area contributed by atoms with E-state index in [1.807, 2.05) is 58.1 Å². The van der Waals surface area contributed by atoms with Crippen LogP contribution in [0.5, 0.6) is 0 Å². The molecular formula is C52H79N5O12. The van der Waals surface area contributed by atoms with Crippen molar-refractivity contribution in [2.24, 2.45) is 35.5 Å². The highest BCUT2D eigenvalue weighted by atomic mass is 16.6. The van der Waals surface area contributed by atoms with Gasteiger partial charge in [-0.3, -0.25) is 19.2 Å². The summed E-state index contributed by atoms with van der Waals surface area (Å²) in [5.74, 6) is -7.98. The zero-order valence-electron chi connectivity index (χ0n) is 42.5. The Balaban J connectivity index is 1.49. The largest absolute Gasteiger partial charge is 0.460 e. The van der Waals surface area contributed by atoms with Crippen LogP contribution in [0.4, 0.5) is 0 Å². The molecule has 2 bridgehead atoms. The first-order valence-corrected chi connectivity index (χ1v) is 25.0. The summed E-state index contributed by atoms with van der Waals surface area (Å²) in [5.41, 5.74) is 1.24. The molecule has 3 fully saturated rings. The summed E-state index contributed by atoms with van der Waals surface area (Å²) < 4.78 is 31.7. The van der Waals surface area contributed by atoms with Gasteiger partial charge in [-0.15, -0.1) is 5.10 Å². The molecule has 1 amide bonds. The van der Waals surface area contributed by atoms with Crippen LogP contribution in [0.2, 0.25) is 0 Å². The van der Waals surface area contributed by atoms with Gasteiger partial charge >= 0.3 is 11.8 Å². The van der Waals surface area contributed by atoms with Crippen LogP contribution < -0.4 is 0 Å². The van der Waals surface area contributed by atoms with Crippen LogP contribution in [0.15, 0.2) is 53.9 Å². The molecule has 4 heterocycles. The van der Waals surface area contributed by atoms with Gasteiger partial charge in [-0.25, -0.2) is 9.48 Å². The number of esters is 1. The van der Waals surface area contributed by atoms with E-state index in [0.717, 1.165) is 18.4 Å². The minimum absolute atomic E-state index is 0.0124. The molecule has 384 valence electrons. The Kier molecular flexibility index (Phi) is 20.8. The number of cyclic esters (lactones) is 1. The molecular weight excluding hydrogens is 887 g/mol. The van der Waals surface area contributed by atoms with Crippen molar-refractivity contribution in [3.63, 3.8) is 0 Å². The fourth-order valence-electron chi connectivity index (χ4n) is 10.7. The van der Waals surface area contributed by atoms with E-state index in [1.54, 1.807) is 52.1 Å². The number of ether oxygens (including phenoxy) is 5. The molecule has 1 aromatic heterocycles. The quantitative estimate of drug-likeness (QED) is 0.181. The van der Waals surface area contributed by atoms with E-state index in [1.165, 1.54) is 12.0 Å². The summed E-state index contributed by atoms with van der Waals surface area (Å²) in [6.45, 7) is 12.8. The van der Waals surface area contributed by atoms with Crippen LogP contribution in [-0.2, 0) is 47.7 Å². The van der Waals surface area contributed by atoms with Crippen molar-refractivity contribution in [3.8, 4) is 0 Å². The van der Waals surface area contributed by atoms with Crippen molar-refractivity contribution in [2.45, 2.75) is 180 Å². The van der Waals surface area contributed by atoms with Crippen molar-refractivity contribution in [3.05, 3.63) is 53.9 Å². The maximum Gasteiger partial charge on any atom is 0.329 e. The lowest BCUT2D eigenvalue weighted by molar-refractivity contribution is -0.231. The number of fused-ring (bicyclic) bond motifs is 3. The molecule has 69 heavy (non-hydrogen) atoms. The molecule has 17 heteroatoms. The maximum absolute atomic E-state index is 14.7. The molecule has 1 aromatic rings. The molecule has 15 atom stereocenters. The number of hydrogen-bond acceptors (Lipinski definition) is 15. The number of rotatable bonds is 7. The van der Waals surface area contributed by atoms with Gasteiger partial charge in [-0.2, -0.15) is 0 Å². The smallest absolute Gasteiger partial charge is 0.329 e. The first-order chi connectivity index (χ1) is 32.8. The number of nitrogens with zero attached hydrogens (tertiary/aromatic N) is 5. The topological polar surface area (TPSA) is 219 Å². The molecule has 2 saturated heterocycles. The minimum Gasteiger partial charge on any atom is -0.460 e. The highest BCUT2D eigenvalue weighted by Gasteiger charge is 2.55. The van der Waals surface area contributed by atoms with Gasteiger partial charge < -0.3 is 38.8 Å². The van der Waals surface area contributed by atoms with Crippen LogP contribution in [-0.4, -0.2) is 141 Å². The monoisotopic (exact) mass is 966 g/mol. The highest BCUT2D eigenvalue weighted by molar-refractivity contribution is 6.09. The predicted molar refractivity (Wildman–Crippen MR) is 256 cm³/mol. The number of ketones is 3. The standard InChI is InChI=1S/C52H79N5O12/c1-31-16-12-11-13-17-32(2)43(65-8)28-39-21-19-33(3)49(61)52(64,69-39)51(63)56-23-15-14-18-41(56)50(62)68-44(35(5)26-38-20-22-40(45(27-38)66-9)57-30-53-54-55-57)29-42(58)34(4)25-37(7)47(60)48(67-10)46(59)36(6)24-31/h11-13,16-17,25,30-31,33-36,38-41,43-45,47-48,60,64H,14-15,18-24,26-29H2,1-10H3/b13-11+,16-12+,32-17?,37-25+/t31-,33-,34-,35-,36+,38+,39?,40-,41?,43+,44+,45-,47-,48+,52?/m1/s1. The summed E-state index contributed by atoms with van der Waals surface area (Å²) in [7, 11) is 4.61. The molecule has 5 rings (SSSR count). The van der Waals surface area contributed by atoms with Crippen molar-refractivity contribution < 1.29 is 57.9 Å². The first-order valence-electron chi connectivity index (χ1n) is 25.0. The van der Waals surface area contributed by atoms with E-state index in [2.05, 4.69) is 15.5 Å². The number of aliphatic hydroxyl groups excluding tert-OH is 1. The molecule has 3 aliphatic heterocycles. The zero-order valence-corrected chi connectivity index (χ0v) is 42.5. The normalized spacial score (nSPS) is 38.0. The van der Waals surface area contributed by atoms with Gasteiger partial charge in [0.1, 0.15) is 36.5 Å². The summed E-state index contributed by atoms with van der Waals surface area (Å²) in [4.78, 5) is 72.6. The van der Waals surface area contributed by atoms with Crippen LogP contribution in [0, 0.1) is 35.5 Å². The molecule has 17 nitrogen and oxygen atoms in total. The second-order valence-electron chi connectivity index (χ2n) is 20.4. The Bertz CT molecular complexity index is 2020. The van der Waals surface area contributed by atoms with E-state index in [0.29, 0.717) is 50.5 Å². The third-order valence-corrected chi connectivity index (χ3v) is 15.1. The number of carbonyl (C=O) groups excluding carboxylic acids is 5. The number of carbonyl (C=O) groups is 5. The number of tetrazole rings is 1. The fourth-order valence-corrected chi connectivity index (χ4v) is 10.7. The summed E-state index contributed by atoms with van der Waals surface area (Å²) in [6, 6.07) is -1.21. The molecule has 0 spiro atoms. The molecule has 1 saturated carbocycles. The summed E-state index contributed by atoms with van der Waals surface area (Å²) in [6.07, 6.45) is 13.4. The lowest BCUT2D eigenvalue weighted by Gasteiger charge is -2.40. The predicted octanol–water partition coefficient (Wildman–Crippen LogP) is 6.05. The average Bonchev–Trinajstić information content (AvgIpc) is 3.85. The Labute approximate surface area is 408 Å². The molecule has 2 N–H and O–H groups in total. The summed E-state index contributed by atoms with van der Waals surface area (Å²) in [5, 5.41) is 35.4. The first kappa shape index (κ1) is 55.7. The lowest BCUT2D eigenvalue weighted by atomic mass is 9.77. The molecule has 4 aliphatic rings. The Morgan fingerprint density at radius 1 is 0.870 bits per heavy atom. The van der Waals surface area contributed by atoms with Crippen molar-refractivity contribution in [1.29, 1.82) is 0 Å². The van der Waals surface area contributed by atoms with E-state index in [-0.39, 0.29) is 67.3 Å². The Hall–Kier alpha value is -4.26. The molecule has 1 aliphatic carbocycles. The third kappa shape index (κ3) is 14.2. The van der Waals surface area contributed by atoms with Gasteiger partial charge in [0.05, 0.1) is 24.4 Å². The number of aliphatic hydroxyl groups is 2.